The van der Waals surface area contributed by atoms with E-state index in [1.54, 1.807) is 0 Å². The van der Waals surface area contributed by atoms with Crippen molar-refractivity contribution in [3.63, 3.8) is 0 Å². The molecule has 0 N–H and O–H groups in total. The van der Waals surface area contributed by atoms with Gasteiger partial charge in [-0.2, -0.15) is 13.2 Å². The Morgan fingerprint density at radius 2 is 1.71 bits per heavy atom. The van der Waals surface area contributed by atoms with Crippen molar-refractivity contribution in [1.82, 2.24) is 0 Å². The van der Waals surface area contributed by atoms with E-state index in [9.17, 15) is 17.6 Å². The van der Waals surface area contributed by atoms with Gasteiger partial charge in [-0.25, -0.2) is 4.39 Å². The van der Waals surface area contributed by atoms with Crippen molar-refractivity contribution >= 4 is 0 Å². The van der Waals surface area contributed by atoms with Gasteiger partial charge in [0.15, 0.2) is 0 Å². The van der Waals surface area contributed by atoms with Gasteiger partial charge in [0.25, 0.3) is 0 Å². The number of rotatable bonds is 3. The summed E-state index contributed by atoms with van der Waals surface area (Å²) in [7, 11) is 0. The summed E-state index contributed by atoms with van der Waals surface area (Å²) in [6.07, 6.45) is 5.50. The summed E-state index contributed by atoms with van der Waals surface area (Å²) in [5.74, 6) is 6.84. The van der Waals surface area contributed by atoms with Crippen LogP contribution < -0.4 is 0 Å². The lowest BCUT2D eigenvalue weighted by molar-refractivity contribution is -0.140. The number of aryl methyl sites for hydroxylation is 1. The smallest absolute Gasteiger partial charge is 0.206 e. The van der Waals surface area contributed by atoms with Crippen molar-refractivity contribution in [2.45, 2.75) is 70.4 Å². The Morgan fingerprint density at radius 1 is 0.968 bits per heavy atom. The van der Waals surface area contributed by atoms with Gasteiger partial charge in [-0.1, -0.05) is 44.1 Å². The quantitative estimate of drug-likeness (QED) is 0.344. The Morgan fingerprint density at radius 3 is 2.42 bits per heavy atom. The Bertz CT molecular complexity index is 993. The van der Waals surface area contributed by atoms with Crippen molar-refractivity contribution in [1.29, 1.82) is 0 Å². The van der Waals surface area contributed by atoms with Crippen LogP contribution in [0, 0.1) is 29.5 Å². The van der Waals surface area contributed by atoms with E-state index < -0.39 is 17.6 Å². The SMILES string of the molecule is CCCCC1CCC2c3ccc(C#Cc4ccc(C(F)(F)F)c(F)c4)cc3CCC2C1. The van der Waals surface area contributed by atoms with Gasteiger partial charge >= 0.3 is 6.18 Å². The molecule has 31 heavy (non-hydrogen) atoms. The minimum Gasteiger partial charge on any atom is -0.206 e. The molecule has 0 radical (unpaired) electrons. The molecular weight excluding hydrogens is 400 g/mol. The van der Waals surface area contributed by atoms with Crippen LogP contribution in [-0.4, -0.2) is 0 Å². The zero-order valence-electron chi connectivity index (χ0n) is 17.9. The molecule has 0 amide bonds. The molecule has 1 saturated carbocycles. The third-order valence-corrected chi connectivity index (χ3v) is 7.01. The van der Waals surface area contributed by atoms with E-state index in [1.165, 1.54) is 62.1 Å². The summed E-state index contributed by atoms with van der Waals surface area (Å²) in [5, 5.41) is 0. The molecule has 4 heteroatoms. The molecule has 0 aromatic heterocycles. The molecule has 3 atom stereocenters. The van der Waals surface area contributed by atoms with Crippen molar-refractivity contribution in [2.24, 2.45) is 11.8 Å². The summed E-state index contributed by atoms with van der Waals surface area (Å²) < 4.78 is 51.9. The highest BCUT2D eigenvalue weighted by molar-refractivity contribution is 5.48. The van der Waals surface area contributed by atoms with Crippen molar-refractivity contribution < 1.29 is 17.6 Å². The fraction of sp³-hybridized carbons (Fsp3) is 0.481. The topological polar surface area (TPSA) is 0 Å². The van der Waals surface area contributed by atoms with Crippen LogP contribution in [0.3, 0.4) is 0 Å². The minimum absolute atomic E-state index is 0.244. The highest BCUT2D eigenvalue weighted by Crippen LogP contribution is 2.48. The molecule has 2 aliphatic rings. The first kappa shape index (κ1) is 21.9. The number of halogens is 4. The molecule has 0 nitrogen and oxygen atoms in total. The highest BCUT2D eigenvalue weighted by atomic mass is 19.4. The van der Waals surface area contributed by atoms with Crippen molar-refractivity contribution in [3.8, 4) is 11.8 Å². The average Bonchev–Trinajstić information content (AvgIpc) is 2.75. The summed E-state index contributed by atoms with van der Waals surface area (Å²) in [6, 6.07) is 9.13. The molecule has 1 fully saturated rings. The summed E-state index contributed by atoms with van der Waals surface area (Å²) in [4.78, 5) is 0. The molecule has 3 unspecified atom stereocenters. The number of benzene rings is 2. The Kier molecular flexibility index (Phi) is 6.42. The molecule has 0 aliphatic heterocycles. The summed E-state index contributed by atoms with van der Waals surface area (Å²) >= 11 is 0. The zero-order valence-corrected chi connectivity index (χ0v) is 17.9. The molecule has 164 valence electrons. The molecule has 0 heterocycles. The third kappa shape index (κ3) is 4.97. The maximum absolute atomic E-state index is 13.8. The lowest BCUT2D eigenvalue weighted by Crippen LogP contribution is -2.28. The lowest BCUT2D eigenvalue weighted by atomic mass is 9.64. The third-order valence-electron chi connectivity index (χ3n) is 7.01. The van der Waals surface area contributed by atoms with Gasteiger partial charge < -0.3 is 0 Å². The van der Waals surface area contributed by atoms with Crippen LogP contribution in [0.2, 0.25) is 0 Å². The van der Waals surface area contributed by atoms with Crippen LogP contribution in [0.4, 0.5) is 17.6 Å². The second-order valence-electron chi connectivity index (χ2n) is 9.08. The fourth-order valence-electron chi connectivity index (χ4n) is 5.41. The predicted molar refractivity (Wildman–Crippen MR) is 115 cm³/mol. The fourth-order valence-corrected chi connectivity index (χ4v) is 5.41. The number of hydrogen-bond acceptors (Lipinski definition) is 0. The second-order valence-corrected chi connectivity index (χ2v) is 9.08. The van der Waals surface area contributed by atoms with Crippen LogP contribution in [-0.2, 0) is 12.6 Å². The predicted octanol–water partition coefficient (Wildman–Crippen LogP) is 7.88. The van der Waals surface area contributed by atoms with E-state index in [2.05, 4.69) is 30.9 Å². The first-order valence-electron chi connectivity index (χ1n) is 11.4. The first-order valence-corrected chi connectivity index (χ1v) is 11.4. The van der Waals surface area contributed by atoms with Crippen LogP contribution in [0.1, 0.15) is 85.6 Å². The number of hydrogen-bond donors (Lipinski definition) is 0. The number of fused-ring (bicyclic) bond motifs is 3. The van der Waals surface area contributed by atoms with Gasteiger partial charge in [0.1, 0.15) is 5.82 Å². The van der Waals surface area contributed by atoms with Crippen LogP contribution in [0.15, 0.2) is 36.4 Å². The van der Waals surface area contributed by atoms with Gasteiger partial charge in [-0.3, -0.25) is 0 Å². The Labute approximate surface area is 182 Å². The standard InChI is InChI=1S/C27H28F4/c1-2-3-4-18-7-12-23-21(15-18)10-11-22-16-19(8-13-24(22)23)5-6-20-9-14-25(26(28)17-20)27(29,30)31/h8-9,13-14,16-18,21,23H,2-4,7,10-12,15H2,1H3. The number of alkyl halides is 3. The first-order chi connectivity index (χ1) is 14.8. The molecule has 2 aliphatic carbocycles. The monoisotopic (exact) mass is 428 g/mol. The van der Waals surface area contributed by atoms with Crippen LogP contribution in [0.25, 0.3) is 0 Å². The molecule has 0 bridgehead atoms. The van der Waals surface area contributed by atoms with E-state index in [1.807, 2.05) is 6.07 Å². The zero-order chi connectivity index (χ0) is 22.0. The summed E-state index contributed by atoms with van der Waals surface area (Å²) in [5.41, 5.74) is 2.61. The molecule has 0 spiro atoms. The van der Waals surface area contributed by atoms with Gasteiger partial charge in [0.05, 0.1) is 5.56 Å². The van der Waals surface area contributed by atoms with Crippen molar-refractivity contribution in [3.05, 3.63) is 70.0 Å². The van der Waals surface area contributed by atoms with E-state index in [0.717, 1.165) is 36.0 Å². The Balaban J connectivity index is 1.48. The van der Waals surface area contributed by atoms with Crippen molar-refractivity contribution in [2.75, 3.05) is 0 Å². The molecule has 2 aromatic carbocycles. The lowest BCUT2D eigenvalue weighted by Gasteiger charge is -2.40. The maximum atomic E-state index is 13.8. The maximum Gasteiger partial charge on any atom is 0.419 e. The van der Waals surface area contributed by atoms with E-state index in [0.29, 0.717) is 5.92 Å². The normalized spacial score (nSPS) is 22.8. The van der Waals surface area contributed by atoms with Gasteiger partial charge in [-0.05, 0) is 91.3 Å². The largest absolute Gasteiger partial charge is 0.419 e. The van der Waals surface area contributed by atoms with E-state index in [-0.39, 0.29) is 5.56 Å². The number of unbranched alkanes of at least 4 members (excludes halogenated alkanes) is 1. The van der Waals surface area contributed by atoms with Gasteiger partial charge in [0, 0.05) is 11.1 Å². The molecule has 0 saturated heterocycles. The van der Waals surface area contributed by atoms with E-state index in [4.69, 9.17) is 0 Å². The summed E-state index contributed by atoms with van der Waals surface area (Å²) in [6.45, 7) is 2.26. The molecule has 4 rings (SSSR count). The van der Waals surface area contributed by atoms with Gasteiger partial charge in [-0.15, -0.1) is 0 Å². The molecular formula is C27H28F4. The Hall–Kier alpha value is -2.28. The highest BCUT2D eigenvalue weighted by Gasteiger charge is 2.35. The minimum atomic E-state index is -4.69. The average molecular weight is 429 g/mol. The van der Waals surface area contributed by atoms with Crippen LogP contribution >= 0.6 is 0 Å². The van der Waals surface area contributed by atoms with Crippen LogP contribution in [0.5, 0.6) is 0 Å². The molecule has 2 aromatic rings. The van der Waals surface area contributed by atoms with Gasteiger partial charge in [0.2, 0.25) is 0 Å². The van der Waals surface area contributed by atoms with E-state index >= 15 is 0 Å². The second kappa shape index (κ2) is 9.07.